The Morgan fingerprint density at radius 1 is 0.735 bits per heavy atom. The predicted molar refractivity (Wildman–Crippen MR) is 313 cm³/mol. The van der Waals surface area contributed by atoms with Gasteiger partial charge in [0, 0.05) is 34.7 Å². The molecule has 0 aliphatic heterocycles. The minimum atomic E-state index is -3.19. The van der Waals surface area contributed by atoms with Gasteiger partial charge < -0.3 is 54.9 Å². The number of hydrogen-bond acceptors (Lipinski definition) is 17. The highest BCUT2D eigenvalue weighted by atomic mass is 35.7. The van der Waals surface area contributed by atoms with Crippen LogP contribution in [0.2, 0.25) is 0 Å². The Labute approximate surface area is 502 Å². The van der Waals surface area contributed by atoms with E-state index in [1.165, 1.54) is 83.5 Å². The number of carbonyl (C=O) groups excluding carboxylic acids is 2. The number of ether oxygens (including phenoxy) is 2. The van der Waals surface area contributed by atoms with E-state index in [1.807, 2.05) is 32.9 Å². The van der Waals surface area contributed by atoms with E-state index in [0.717, 1.165) is 85.3 Å². The topological polar surface area (TPSA) is 320 Å². The zero-order chi connectivity index (χ0) is 59.9. The molecule has 8 aliphatic carbocycles. The van der Waals surface area contributed by atoms with Gasteiger partial charge in [0.25, 0.3) is 6.47 Å². The average Bonchev–Trinajstić information content (AvgIpc) is 2.61. The molecule has 0 spiro atoms. The van der Waals surface area contributed by atoms with Gasteiger partial charge in [-0.1, -0.05) is 59.3 Å². The lowest BCUT2D eigenvalue weighted by Crippen LogP contribution is -2.55. The standard InChI is InChI=1S/C29H46N2O4.C24H37NO3.C6H8O7.CH3ClO2S.CH4.ClH/c1-17(2)25(30)26(32)34-16-19-14-24(31-35-19)23-9-8-21-20-7-6-18-15-27(3,33)12-13-28(18,4)22(20)10-11-29(21,23)5;1-22(27)10-11-23(2)15(13-22)4-5-17-18-6-7-20(21-12-16(14-26)28-25-21)24(18,3)9-8-19(17)23;7-3-13-2-6(12,5(10)11)1-4(8)9;1-5(2,3)4;;/h14,17-18,20-23,25,33H,6-13,15-16,30H2,1-5H3;12,15,17-20,26-27H,4-11,13-14H2,1-3H3;3,12H,1-2H2,(H,8,9)(H,10,11);1H3;1H4;1H/t18?,20-,21-,22?,23+,25-,27+,28-,29-;15?,17?,18?,19?,20-,22-,23+,24+;;;;/m01..../s1. The Morgan fingerprint density at radius 3 is 1.54 bits per heavy atom. The molecule has 0 bridgehead atoms. The van der Waals surface area contributed by atoms with Crippen LogP contribution in [0.1, 0.15) is 220 Å². The maximum absolute atomic E-state index is 12.1. The van der Waals surface area contributed by atoms with Gasteiger partial charge in [0.05, 0.1) is 35.3 Å². The summed E-state index contributed by atoms with van der Waals surface area (Å²) in [4.78, 5) is 42.3. The van der Waals surface area contributed by atoms with Gasteiger partial charge in [-0.05, 0) is 204 Å². The monoisotopic (exact) mass is 1230 g/mol. The molecular formula is C61H99Cl2N3O16S. The van der Waals surface area contributed by atoms with Crippen LogP contribution in [-0.4, -0.2) is 109 Å². The van der Waals surface area contributed by atoms with E-state index in [-0.39, 0.29) is 50.9 Å². The van der Waals surface area contributed by atoms with Gasteiger partial charge in [-0.25, -0.2) is 13.2 Å². The number of carboxylic acids is 2. The molecule has 0 radical (unpaired) electrons. The zero-order valence-electron chi connectivity index (χ0n) is 49.6. The molecule has 0 aromatic carbocycles. The van der Waals surface area contributed by atoms with Crippen LogP contribution in [0.3, 0.4) is 0 Å². The summed E-state index contributed by atoms with van der Waals surface area (Å²) in [5, 5.41) is 65.3. The molecule has 83 heavy (non-hydrogen) atoms. The van der Waals surface area contributed by atoms with Crippen LogP contribution in [0.15, 0.2) is 21.2 Å². The molecule has 2 aromatic heterocycles. The first-order valence-corrected chi connectivity index (χ1v) is 32.4. The van der Waals surface area contributed by atoms with Crippen molar-refractivity contribution < 1.29 is 76.8 Å². The van der Waals surface area contributed by atoms with E-state index >= 15 is 0 Å². The van der Waals surface area contributed by atoms with Gasteiger partial charge in [-0.2, -0.15) is 0 Å². The molecule has 0 saturated heterocycles. The summed E-state index contributed by atoms with van der Waals surface area (Å²) in [5.41, 5.74) is 5.88. The van der Waals surface area contributed by atoms with Gasteiger partial charge in [-0.3, -0.25) is 14.4 Å². The maximum atomic E-state index is 12.1. The normalized spacial score (nSPS) is 38.5. The van der Waals surface area contributed by atoms with Gasteiger partial charge >= 0.3 is 17.9 Å². The van der Waals surface area contributed by atoms with Crippen molar-refractivity contribution in [3.63, 3.8) is 0 Å². The summed E-state index contributed by atoms with van der Waals surface area (Å²) in [5.74, 6) is 4.56. The highest BCUT2D eigenvalue weighted by Crippen LogP contribution is 2.71. The zero-order valence-corrected chi connectivity index (χ0v) is 52.0. The van der Waals surface area contributed by atoms with Crippen molar-refractivity contribution in [1.29, 1.82) is 0 Å². The Kier molecular flexibility index (Phi) is 22.8. The summed E-state index contributed by atoms with van der Waals surface area (Å²) in [6, 6.07) is 3.39. The smallest absolute Gasteiger partial charge is 0.339 e. The summed E-state index contributed by atoms with van der Waals surface area (Å²) < 4.78 is 39.1. The first kappa shape index (κ1) is 70.4. The third kappa shape index (κ3) is 15.3. The number of fused-ring (bicyclic) bond motifs is 10. The van der Waals surface area contributed by atoms with Gasteiger partial charge in [-0.15, -0.1) is 12.4 Å². The number of esters is 1. The highest BCUT2D eigenvalue weighted by molar-refractivity contribution is 8.13. The number of nitrogens with two attached hydrogens (primary N) is 1. The number of nitrogens with zero attached hydrogens (tertiary/aromatic N) is 2. The first-order valence-electron chi connectivity index (χ1n) is 29.6. The van der Waals surface area contributed by atoms with Gasteiger partial charge in [0.15, 0.2) is 18.1 Å². The third-order valence-corrected chi connectivity index (χ3v) is 22.5. The largest absolute Gasteiger partial charge is 0.481 e. The van der Waals surface area contributed by atoms with Crippen LogP contribution >= 0.6 is 23.1 Å². The summed E-state index contributed by atoms with van der Waals surface area (Å²) in [6.45, 7) is 17.1. The quantitative estimate of drug-likeness (QED) is 0.0557. The van der Waals surface area contributed by atoms with Crippen LogP contribution in [0.25, 0.3) is 0 Å². The lowest BCUT2D eigenvalue weighted by molar-refractivity contribution is -0.172. The lowest BCUT2D eigenvalue weighted by atomic mass is 9.44. The van der Waals surface area contributed by atoms with Crippen LogP contribution in [0.4, 0.5) is 0 Å². The van der Waals surface area contributed by atoms with Crippen LogP contribution in [0, 0.1) is 74.9 Å². The third-order valence-electron chi connectivity index (χ3n) is 22.5. The Hall–Kier alpha value is -3.37. The molecule has 8 aliphatic rings. The van der Waals surface area contributed by atoms with Crippen molar-refractivity contribution in [1.82, 2.24) is 10.3 Å². The number of carboxylic acid groups (broad SMARTS) is 2. The van der Waals surface area contributed by atoms with Crippen molar-refractivity contribution in [2.24, 2.45) is 80.7 Å². The number of carbonyl (C=O) groups is 4. The Balaban J connectivity index is 0.000000234. The number of aliphatic hydroxyl groups is 4. The fraction of sp³-hybridized carbons (Fsp3) is 0.836. The molecular weight excluding hydrogens is 1130 g/mol. The molecule has 18 atom stereocenters. The SMILES string of the molecule is C.CC(C)[C@H](N)C(=O)OCc1cc([C@H]2CC[C@H]3[C@@H]4CCC5C[C@](C)(O)CC[C@]5(C)C4CC[C@]23C)no1.CS(=O)(=O)Cl.C[C@@]1(O)CC[C@@]2(C)C(CCC3C2CC[C@@]2(C)C3CC[C@@H]2c2cc(CO)on2)C1.Cl.O=COCC(O)(CC(=O)O)C(=O)O. The number of hydrogen-bond donors (Lipinski definition) is 7. The number of aliphatic hydroxyl groups excluding tert-OH is 1. The van der Waals surface area contributed by atoms with Crippen LogP contribution < -0.4 is 5.73 Å². The van der Waals surface area contributed by atoms with Crippen molar-refractivity contribution in [3.05, 3.63) is 35.0 Å². The van der Waals surface area contributed by atoms with Crippen molar-refractivity contribution in [2.45, 2.75) is 233 Å². The fourth-order valence-electron chi connectivity index (χ4n) is 18.1. The second-order valence-corrected chi connectivity index (χ2v) is 31.1. The number of halogens is 2. The van der Waals surface area contributed by atoms with E-state index in [9.17, 15) is 42.9 Å². The molecule has 8 fully saturated rings. The minimum absolute atomic E-state index is 0. The average molecular weight is 1230 g/mol. The Morgan fingerprint density at radius 2 is 1.16 bits per heavy atom. The molecule has 2 heterocycles. The number of aromatic nitrogens is 2. The predicted octanol–water partition coefficient (Wildman–Crippen LogP) is 10.3. The summed E-state index contributed by atoms with van der Waals surface area (Å²) in [6.07, 6.45) is 21.4. The second kappa shape index (κ2) is 26.9. The second-order valence-electron chi connectivity index (χ2n) is 28.0. The van der Waals surface area contributed by atoms with Gasteiger partial charge in [0.2, 0.25) is 14.7 Å². The van der Waals surface area contributed by atoms with Crippen molar-refractivity contribution in [3.8, 4) is 0 Å². The number of aliphatic carboxylic acids is 2. The molecule has 19 nitrogen and oxygen atoms in total. The molecule has 8 N–H and O–H groups in total. The molecule has 474 valence electrons. The molecule has 2 aromatic rings. The molecule has 10 rings (SSSR count). The number of rotatable bonds is 13. The van der Waals surface area contributed by atoms with Gasteiger partial charge in [0.1, 0.15) is 19.3 Å². The minimum Gasteiger partial charge on any atom is -0.481 e. The molecule has 7 unspecified atom stereocenters. The first-order chi connectivity index (χ1) is 37.6. The van der Waals surface area contributed by atoms with Crippen molar-refractivity contribution >= 4 is 56.5 Å². The van der Waals surface area contributed by atoms with Crippen molar-refractivity contribution in [2.75, 3.05) is 12.9 Å². The molecule has 0 amide bonds. The molecule has 8 saturated carbocycles. The van der Waals surface area contributed by atoms with E-state index in [1.54, 1.807) is 0 Å². The fourth-order valence-corrected chi connectivity index (χ4v) is 18.1. The van der Waals surface area contributed by atoms with E-state index in [0.29, 0.717) is 51.4 Å². The summed E-state index contributed by atoms with van der Waals surface area (Å²) >= 11 is 0. The van der Waals surface area contributed by atoms with Crippen LogP contribution in [0.5, 0.6) is 0 Å². The lowest BCUT2D eigenvalue weighted by Gasteiger charge is -2.61. The molecule has 22 heteroatoms. The maximum Gasteiger partial charge on any atom is 0.339 e. The van der Waals surface area contributed by atoms with E-state index < -0.39 is 62.8 Å². The Bertz CT molecular complexity index is 2640. The van der Waals surface area contributed by atoms with E-state index in [4.69, 9.17) is 34.8 Å². The van der Waals surface area contributed by atoms with Crippen LogP contribution in [-0.2, 0) is 50.9 Å². The summed E-state index contributed by atoms with van der Waals surface area (Å²) in [7, 11) is 1.31. The van der Waals surface area contributed by atoms with E-state index in [2.05, 4.69) is 60.4 Å². The highest BCUT2D eigenvalue weighted by Gasteiger charge is 2.63.